The van der Waals surface area contributed by atoms with E-state index < -0.39 is 0 Å². The van der Waals surface area contributed by atoms with Gasteiger partial charge in [-0.15, -0.1) is 0 Å². The van der Waals surface area contributed by atoms with Gasteiger partial charge in [0.2, 0.25) is 0 Å². The zero-order chi connectivity index (χ0) is 22.1. The van der Waals surface area contributed by atoms with Gasteiger partial charge in [-0.1, -0.05) is 86.3 Å². The van der Waals surface area contributed by atoms with Crippen molar-refractivity contribution >= 4 is 0 Å². The van der Waals surface area contributed by atoms with Crippen LogP contribution in [-0.4, -0.2) is 0 Å². The summed E-state index contributed by atoms with van der Waals surface area (Å²) < 4.78 is 0. The molecule has 4 unspecified atom stereocenters. The van der Waals surface area contributed by atoms with Gasteiger partial charge >= 0.3 is 0 Å². The highest BCUT2D eigenvalue weighted by Crippen LogP contribution is 2.67. The Bertz CT molecular complexity index is 585. The number of hydrogen-bond acceptors (Lipinski definition) is 0. The van der Waals surface area contributed by atoms with Gasteiger partial charge in [0.15, 0.2) is 0 Å². The molecular weight excluding hydrogens is 360 g/mol. The summed E-state index contributed by atoms with van der Waals surface area (Å²) in [5.41, 5.74) is 3.06. The summed E-state index contributed by atoms with van der Waals surface area (Å²) >= 11 is 0. The smallest absolute Gasteiger partial charge is 0.00851 e. The van der Waals surface area contributed by atoms with Gasteiger partial charge in [0, 0.05) is 0 Å². The third-order valence-electron chi connectivity index (χ3n) is 10.6. The van der Waals surface area contributed by atoms with Crippen LogP contribution in [0.25, 0.3) is 0 Å². The van der Waals surface area contributed by atoms with Crippen LogP contribution in [0.2, 0.25) is 0 Å². The van der Waals surface area contributed by atoms with Crippen LogP contribution in [0.4, 0.5) is 0 Å². The van der Waals surface area contributed by atoms with Gasteiger partial charge in [0.1, 0.15) is 0 Å². The number of allylic oxidation sites excluding steroid dienone is 2. The number of rotatable bonds is 5. The van der Waals surface area contributed by atoms with Crippen molar-refractivity contribution in [3.05, 3.63) is 11.6 Å². The molecule has 0 radical (unpaired) electrons. The molecule has 0 N–H and O–H groups in total. The molecule has 0 bridgehead atoms. The summed E-state index contributed by atoms with van der Waals surface area (Å²) in [6.07, 6.45) is 19.0. The first-order chi connectivity index (χ1) is 14.3. The number of hydrogen-bond donors (Lipinski definition) is 0. The van der Waals surface area contributed by atoms with Crippen LogP contribution < -0.4 is 0 Å². The van der Waals surface area contributed by atoms with Crippen LogP contribution in [0, 0.1) is 52.3 Å². The van der Waals surface area contributed by atoms with Crippen molar-refractivity contribution in [2.24, 2.45) is 52.3 Å². The average molecular weight is 415 g/mol. The molecule has 0 saturated heterocycles. The van der Waals surface area contributed by atoms with E-state index in [-0.39, 0.29) is 0 Å². The maximum atomic E-state index is 2.75. The highest BCUT2D eigenvalue weighted by Gasteiger charge is 2.58. The van der Waals surface area contributed by atoms with Crippen molar-refractivity contribution in [1.82, 2.24) is 0 Å². The highest BCUT2D eigenvalue weighted by molar-refractivity contribution is 5.25. The van der Waals surface area contributed by atoms with E-state index in [4.69, 9.17) is 0 Å². The second-order valence-electron chi connectivity index (χ2n) is 12.6. The Hall–Kier alpha value is -0.260. The molecule has 0 amide bonds. The van der Waals surface area contributed by atoms with Gasteiger partial charge in [0.05, 0.1) is 0 Å². The number of fused-ring (bicyclic) bond motifs is 5. The Morgan fingerprint density at radius 1 is 0.933 bits per heavy atom. The second-order valence-corrected chi connectivity index (χ2v) is 12.6. The normalized spacial score (nSPS) is 43.6. The molecule has 0 aromatic carbocycles. The lowest BCUT2D eigenvalue weighted by Crippen LogP contribution is -2.50. The third kappa shape index (κ3) is 4.32. The zero-order valence-corrected chi connectivity index (χ0v) is 21.9. The Balaban J connectivity index is 0.00000124. The van der Waals surface area contributed by atoms with E-state index in [9.17, 15) is 0 Å². The molecule has 0 spiro atoms. The minimum Gasteiger partial charge on any atom is -0.0845 e. The second kappa shape index (κ2) is 9.70. The predicted molar refractivity (Wildman–Crippen MR) is 134 cm³/mol. The van der Waals surface area contributed by atoms with E-state index in [1.54, 1.807) is 0 Å². The minimum atomic E-state index is 0.553. The first-order valence-corrected chi connectivity index (χ1v) is 13.9. The van der Waals surface area contributed by atoms with Gasteiger partial charge in [-0.2, -0.15) is 0 Å². The van der Waals surface area contributed by atoms with Crippen molar-refractivity contribution in [2.45, 2.75) is 126 Å². The third-order valence-corrected chi connectivity index (χ3v) is 10.6. The Labute approximate surface area is 190 Å². The monoisotopic (exact) mass is 414 g/mol. The fourth-order valence-electron chi connectivity index (χ4n) is 8.87. The topological polar surface area (TPSA) is 0 Å². The van der Waals surface area contributed by atoms with Crippen LogP contribution in [0.15, 0.2) is 11.6 Å². The van der Waals surface area contributed by atoms with Crippen LogP contribution >= 0.6 is 0 Å². The Kier molecular flexibility index (Phi) is 7.89. The molecule has 4 rings (SSSR count). The van der Waals surface area contributed by atoms with E-state index in [2.05, 4.69) is 47.6 Å². The fourth-order valence-corrected chi connectivity index (χ4v) is 8.87. The van der Waals surface area contributed by atoms with Gasteiger partial charge in [0.25, 0.3) is 0 Å². The maximum absolute atomic E-state index is 2.75. The molecule has 0 heteroatoms. The summed E-state index contributed by atoms with van der Waals surface area (Å²) in [6.45, 7) is 19.3. The first kappa shape index (κ1) is 24.4. The molecule has 3 saturated carbocycles. The van der Waals surface area contributed by atoms with Crippen LogP contribution in [0.5, 0.6) is 0 Å². The lowest BCUT2D eigenvalue weighted by Gasteiger charge is -2.58. The molecule has 3 fully saturated rings. The lowest BCUT2D eigenvalue weighted by atomic mass is 9.46. The van der Waals surface area contributed by atoms with Crippen molar-refractivity contribution in [1.29, 1.82) is 0 Å². The summed E-state index contributed by atoms with van der Waals surface area (Å²) in [4.78, 5) is 0. The molecule has 4 aliphatic rings. The van der Waals surface area contributed by atoms with E-state index in [1.807, 2.05) is 19.4 Å². The molecule has 0 nitrogen and oxygen atoms in total. The van der Waals surface area contributed by atoms with Gasteiger partial charge < -0.3 is 0 Å². The largest absolute Gasteiger partial charge is 0.0845 e. The lowest BCUT2D eigenvalue weighted by molar-refractivity contribution is -0.0523. The maximum Gasteiger partial charge on any atom is -0.00851 e. The Morgan fingerprint density at radius 3 is 2.37 bits per heavy atom. The first-order valence-electron chi connectivity index (χ1n) is 13.9. The predicted octanol–water partition coefficient (Wildman–Crippen LogP) is 9.69. The van der Waals surface area contributed by atoms with Crippen molar-refractivity contribution < 1.29 is 0 Å². The van der Waals surface area contributed by atoms with Crippen molar-refractivity contribution in [2.75, 3.05) is 0 Å². The quantitative estimate of drug-likeness (QED) is 0.393. The molecule has 0 aromatic rings. The summed E-state index contributed by atoms with van der Waals surface area (Å²) in [6, 6.07) is 0. The average Bonchev–Trinajstić information content (AvgIpc) is 3.07. The Morgan fingerprint density at radius 2 is 1.67 bits per heavy atom. The van der Waals surface area contributed by atoms with Crippen LogP contribution in [0.1, 0.15) is 126 Å². The molecule has 0 aliphatic heterocycles. The zero-order valence-electron chi connectivity index (χ0n) is 21.9. The molecule has 174 valence electrons. The van der Waals surface area contributed by atoms with E-state index in [0.717, 1.165) is 41.4 Å². The summed E-state index contributed by atoms with van der Waals surface area (Å²) in [5, 5.41) is 0. The molecular formula is C30H54. The molecule has 30 heavy (non-hydrogen) atoms. The van der Waals surface area contributed by atoms with Gasteiger partial charge in [-0.25, -0.2) is 0 Å². The minimum absolute atomic E-state index is 0.553. The van der Waals surface area contributed by atoms with Crippen molar-refractivity contribution in [3.8, 4) is 0 Å². The van der Waals surface area contributed by atoms with E-state index >= 15 is 0 Å². The van der Waals surface area contributed by atoms with Crippen LogP contribution in [0.3, 0.4) is 0 Å². The molecule has 0 aromatic heterocycles. The standard InChI is InChI=1S/C28H48.C2H6/c1-19(2)8-7-9-21(4)24-12-13-25-23-11-10-22-18-20(3)14-16-27(22,5)26(23)15-17-28(24,25)6;1-2/h10,19-21,23-26H,7-9,11-18H2,1-6H3;1-2H3/t20-,21+,23?,24?,25?,26?,27-,28+;/m0./s1. The molecule has 0 heterocycles. The summed E-state index contributed by atoms with van der Waals surface area (Å²) in [7, 11) is 0. The highest BCUT2D eigenvalue weighted by atomic mass is 14.6. The SMILES string of the molecule is CC.CC(C)CCC[C@@H](C)C1CCC2C3CC=C4C[C@@H](C)CC[C@]4(C)C3CC[C@@]21C. The van der Waals surface area contributed by atoms with E-state index in [0.29, 0.717) is 10.8 Å². The molecule has 8 atom stereocenters. The fraction of sp³-hybridized carbons (Fsp3) is 0.933. The van der Waals surface area contributed by atoms with Gasteiger partial charge in [-0.05, 0) is 104 Å². The van der Waals surface area contributed by atoms with Gasteiger partial charge in [-0.3, -0.25) is 0 Å². The van der Waals surface area contributed by atoms with Crippen LogP contribution in [-0.2, 0) is 0 Å². The molecule has 4 aliphatic carbocycles. The summed E-state index contributed by atoms with van der Waals surface area (Å²) in [5.74, 6) is 6.73. The van der Waals surface area contributed by atoms with Crippen molar-refractivity contribution in [3.63, 3.8) is 0 Å². The van der Waals surface area contributed by atoms with E-state index in [1.165, 1.54) is 70.6 Å².